The molecule has 1 N–H and O–H groups in total. The summed E-state index contributed by atoms with van der Waals surface area (Å²) in [5.41, 5.74) is 0. The van der Waals surface area contributed by atoms with Gasteiger partial charge < -0.3 is 10.2 Å². The van der Waals surface area contributed by atoms with Crippen LogP contribution in [-0.2, 0) is 0 Å². The van der Waals surface area contributed by atoms with Gasteiger partial charge in [-0.05, 0) is 18.9 Å². The predicted molar refractivity (Wildman–Crippen MR) is 58.4 cm³/mol. The molecule has 1 fully saturated rings. The molecule has 0 aromatic rings. The van der Waals surface area contributed by atoms with Crippen LogP contribution in [0.5, 0.6) is 0 Å². The Kier molecular flexibility index (Phi) is 5.05. The number of hydrogen-bond donors (Lipinski definition) is 1. The van der Waals surface area contributed by atoms with E-state index in [0.29, 0.717) is 5.92 Å². The minimum Gasteiger partial charge on any atom is -0.305 e. The van der Waals surface area contributed by atoms with Crippen molar-refractivity contribution in [1.29, 1.82) is 0 Å². The molecule has 0 aromatic carbocycles. The van der Waals surface area contributed by atoms with Crippen molar-refractivity contribution < 1.29 is 13.2 Å². The number of hydrogen-bond acceptors (Lipinski definition) is 2. The van der Waals surface area contributed by atoms with Crippen molar-refractivity contribution in [1.82, 2.24) is 10.2 Å². The van der Waals surface area contributed by atoms with Gasteiger partial charge in [0.2, 0.25) is 0 Å². The fraction of sp³-hybridized carbons (Fsp3) is 1.00. The van der Waals surface area contributed by atoms with E-state index in [1.807, 2.05) is 0 Å². The maximum Gasteiger partial charge on any atom is 0.401 e. The molecule has 0 aromatic heterocycles. The summed E-state index contributed by atoms with van der Waals surface area (Å²) in [6.45, 7) is 5.97. The van der Waals surface area contributed by atoms with E-state index >= 15 is 0 Å². The van der Waals surface area contributed by atoms with Gasteiger partial charge in [0.25, 0.3) is 0 Å². The van der Waals surface area contributed by atoms with Gasteiger partial charge in [-0.1, -0.05) is 20.3 Å². The van der Waals surface area contributed by atoms with Crippen LogP contribution < -0.4 is 5.32 Å². The van der Waals surface area contributed by atoms with E-state index < -0.39 is 12.7 Å². The molecule has 5 heteroatoms. The van der Waals surface area contributed by atoms with Crippen LogP contribution >= 0.6 is 0 Å². The van der Waals surface area contributed by atoms with E-state index in [1.165, 1.54) is 0 Å². The van der Waals surface area contributed by atoms with Crippen LogP contribution in [0.25, 0.3) is 0 Å². The third-order valence-electron chi connectivity index (χ3n) is 3.23. The largest absolute Gasteiger partial charge is 0.401 e. The Morgan fingerprint density at radius 3 is 2.44 bits per heavy atom. The molecule has 0 bridgehead atoms. The Labute approximate surface area is 95.2 Å². The van der Waals surface area contributed by atoms with Crippen LogP contribution in [0.2, 0.25) is 0 Å². The molecule has 2 unspecified atom stereocenters. The molecule has 1 aliphatic heterocycles. The molecule has 0 spiro atoms. The molecular weight excluding hydrogens is 217 g/mol. The Morgan fingerprint density at radius 1 is 1.25 bits per heavy atom. The van der Waals surface area contributed by atoms with Crippen LogP contribution in [0.1, 0.15) is 26.7 Å². The first-order valence-electron chi connectivity index (χ1n) is 5.97. The Hall–Kier alpha value is -0.290. The Balaban J connectivity index is 2.40. The van der Waals surface area contributed by atoms with E-state index in [9.17, 15) is 13.2 Å². The highest BCUT2D eigenvalue weighted by Crippen LogP contribution is 2.20. The van der Waals surface area contributed by atoms with E-state index in [2.05, 4.69) is 24.1 Å². The highest BCUT2D eigenvalue weighted by molar-refractivity contribution is 4.83. The Morgan fingerprint density at radius 2 is 1.94 bits per heavy atom. The second kappa shape index (κ2) is 5.87. The number of nitrogens with zero attached hydrogens (tertiary/aromatic N) is 1. The highest BCUT2D eigenvalue weighted by atomic mass is 19.4. The quantitative estimate of drug-likeness (QED) is 0.808. The maximum atomic E-state index is 12.1. The van der Waals surface area contributed by atoms with Crippen LogP contribution in [0.3, 0.4) is 0 Å². The average Bonchev–Trinajstić information content (AvgIpc) is 2.25. The topological polar surface area (TPSA) is 15.3 Å². The summed E-state index contributed by atoms with van der Waals surface area (Å²) in [5.74, 6) is 0.527. The number of likely N-dealkylation sites (N-methyl/N-ethyl adjacent to an activating group) is 1. The minimum atomic E-state index is -4.10. The number of nitrogens with one attached hydrogen (secondary N) is 1. The van der Waals surface area contributed by atoms with Crippen LogP contribution in [-0.4, -0.2) is 43.3 Å². The zero-order valence-electron chi connectivity index (χ0n) is 9.98. The van der Waals surface area contributed by atoms with Crippen molar-refractivity contribution in [3.8, 4) is 0 Å². The lowest BCUT2D eigenvalue weighted by molar-refractivity contribution is -0.127. The first-order valence-corrected chi connectivity index (χ1v) is 5.97. The molecule has 0 aliphatic carbocycles. The molecule has 16 heavy (non-hydrogen) atoms. The van der Waals surface area contributed by atoms with Gasteiger partial charge in [-0.15, -0.1) is 0 Å². The van der Waals surface area contributed by atoms with Crippen molar-refractivity contribution >= 4 is 0 Å². The molecule has 0 amide bonds. The van der Waals surface area contributed by atoms with E-state index in [0.717, 1.165) is 32.5 Å². The van der Waals surface area contributed by atoms with Crippen molar-refractivity contribution in [2.24, 2.45) is 5.92 Å². The average molecular weight is 238 g/mol. The first-order chi connectivity index (χ1) is 7.44. The lowest BCUT2D eigenvalue weighted by Gasteiger charge is -2.37. The molecule has 96 valence electrons. The monoisotopic (exact) mass is 238 g/mol. The van der Waals surface area contributed by atoms with Crippen molar-refractivity contribution in [3.63, 3.8) is 0 Å². The smallest absolute Gasteiger partial charge is 0.305 e. The summed E-state index contributed by atoms with van der Waals surface area (Å²) in [7, 11) is 0. The lowest BCUT2D eigenvalue weighted by atomic mass is 9.92. The van der Waals surface area contributed by atoms with Crippen LogP contribution in [0.15, 0.2) is 0 Å². The molecular formula is C11H21F3N2. The fourth-order valence-corrected chi connectivity index (χ4v) is 2.26. The summed E-state index contributed by atoms with van der Waals surface area (Å²) >= 11 is 0. The van der Waals surface area contributed by atoms with E-state index in [4.69, 9.17) is 0 Å². The van der Waals surface area contributed by atoms with Crippen molar-refractivity contribution in [2.75, 3.05) is 26.2 Å². The van der Waals surface area contributed by atoms with Gasteiger partial charge >= 0.3 is 6.18 Å². The van der Waals surface area contributed by atoms with Crippen molar-refractivity contribution in [2.45, 2.75) is 38.9 Å². The standard InChI is InChI=1S/C11H21F3N2/c1-3-9-5-10(7-16(4-2)6-9)15-8-11(12,13)14/h9-10,15H,3-8H2,1-2H3. The second-order valence-corrected chi connectivity index (χ2v) is 4.56. The zero-order valence-corrected chi connectivity index (χ0v) is 9.98. The SMILES string of the molecule is CCC1CC(NCC(F)(F)F)CN(CC)C1. The fourth-order valence-electron chi connectivity index (χ4n) is 2.26. The molecule has 1 aliphatic rings. The predicted octanol–water partition coefficient (Wildman–Crippen LogP) is 2.26. The summed E-state index contributed by atoms with van der Waals surface area (Å²) in [5, 5.41) is 2.62. The normalized spacial score (nSPS) is 28.3. The number of likely N-dealkylation sites (tertiary alicyclic amines) is 1. The van der Waals surface area contributed by atoms with Gasteiger partial charge in [0.05, 0.1) is 6.54 Å². The minimum absolute atomic E-state index is 0.0136. The van der Waals surface area contributed by atoms with Gasteiger partial charge in [-0.25, -0.2) is 0 Å². The van der Waals surface area contributed by atoms with Crippen molar-refractivity contribution in [3.05, 3.63) is 0 Å². The number of alkyl halides is 3. The van der Waals surface area contributed by atoms with Gasteiger partial charge in [0, 0.05) is 19.1 Å². The molecule has 2 nitrogen and oxygen atoms in total. The maximum absolute atomic E-state index is 12.1. The highest BCUT2D eigenvalue weighted by Gasteiger charge is 2.31. The van der Waals surface area contributed by atoms with Crippen LogP contribution in [0.4, 0.5) is 13.2 Å². The van der Waals surface area contributed by atoms with E-state index in [-0.39, 0.29) is 6.04 Å². The molecule has 1 saturated heterocycles. The molecule has 0 saturated carbocycles. The number of halogens is 3. The summed E-state index contributed by atoms with van der Waals surface area (Å²) < 4.78 is 36.3. The molecule has 1 rings (SSSR count). The van der Waals surface area contributed by atoms with Gasteiger partial charge in [-0.2, -0.15) is 13.2 Å². The summed E-state index contributed by atoms with van der Waals surface area (Å²) in [6.07, 6.45) is -2.19. The first kappa shape index (κ1) is 13.8. The molecule has 2 atom stereocenters. The van der Waals surface area contributed by atoms with Gasteiger partial charge in [-0.3, -0.25) is 0 Å². The zero-order chi connectivity index (χ0) is 12.2. The molecule has 0 radical (unpaired) electrons. The Bertz CT molecular complexity index is 194. The van der Waals surface area contributed by atoms with Crippen LogP contribution in [0, 0.1) is 5.92 Å². The summed E-state index contributed by atoms with van der Waals surface area (Å²) in [6, 6.07) is -0.0136. The third kappa shape index (κ3) is 4.70. The summed E-state index contributed by atoms with van der Waals surface area (Å²) in [4.78, 5) is 2.23. The van der Waals surface area contributed by atoms with E-state index in [1.54, 1.807) is 0 Å². The lowest BCUT2D eigenvalue weighted by Crippen LogP contribution is -2.50. The van der Waals surface area contributed by atoms with Gasteiger partial charge in [0.15, 0.2) is 0 Å². The molecule has 1 heterocycles. The number of rotatable bonds is 4. The van der Waals surface area contributed by atoms with Gasteiger partial charge in [0.1, 0.15) is 0 Å². The third-order valence-corrected chi connectivity index (χ3v) is 3.23. The second-order valence-electron chi connectivity index (χ2n) is 4.56. The number of piperidine rings is 1.